The van der Waals surface area contributed by atoms with Crippen LogP contribution < -0.4 is 0 Å². The molecule has 0 spiro atoms. The molecule has 0 fully saturated rings. The molecule has 0 aromatic heterocycles. The largest absolute Gasteiger partial charge is 0.508 e. The van der Waals surface area contributed by atoms with Gasteiger partial charge in [0, 0.05) is 6.42 Å². The zero-order valence-electron chi connectivity index (χ0n) is 8.88. The van der Waals surface area contributed by atoms with Crippen molar-refractivity contribution in [3.8, 4) is 5.75 Å². The van der Waals surface area contributed by atoms with Gasteiger partial charge in [0.2, 0.25) is 0 Å². The Morgan fingerprint density at radius 2 is 1.50 bits per heavy atom. The van der Waals surface area contributed by atoms with E-state index >= 15 is 0 Å². The molecule has 82 valence electrons. The van der Waals surface area contributed by atoms with Crippen LogP contribution in [0.4, 0.5) is 0 Å². The molecule has 0 amide bonds. The molecule has 1 unspecified atom stereocenters. The van der Waals surface area contributed by atoms with Crippen LogP contribution >= 0.6 is 0 Å². The van der Waals surface area contributed by atoms with Gasteiger partial charge in [-0.25, -0.2) is 0 Å². The predicted molar refractivity (Wildman–Crippen MR) is 63.2 cm³/mol. The molecule has 0 aliphatic carbocycles. The lowest BCUT2D eigenvalue weighted by molar-refractivity contribution is 0.178. The average Bonchev–Trinajstić information content (AvgIpc) is 2.31. The van der Waals surface area contributed by atoms with Gasteiger partial charge in [0.1, 0.15) is 5.75 Å². The van der Waals surface area contributed by atoms with E-state index < -0.39 is 6.10 Å². The van der Waals surface area contributed by atoms with Crippen LogP contribution in [0.1, 0.15) is 17.2 Å². The molecule has 0 heterocycles. The maximum absolute atomic E-state index is 9.98. The van der Waals surface area contributed by atoms with Crippen molar-refractivity contribution in [3.05, 3.63) is 65.7 Å². The molecule has 16 heavy (non-hydrogen) atoms. The van der Waals surface area contributed by atoms with Gasteiger partial charge in [0.25, 0.3) is 0 Å². The lowest BCUT2D eigenvalue weighted by Gasteiger charge is -2.10. The van der Waals surface area contributed by atoms with Crippen LogP contribution in [0.5, 0.6) is 5.75 Å². The van der Waals surface area contributed by atoms with E-state index in [0.29, 0.717) is 6.42 Å². The second-order valence-corrected chi connectivity index (χ2v) is 3.80. The zero-order chi connectivity index (χ0) is 11.4. The van der Waals surface area contributed by atoms with Gasteiger partial charge in [-0.05, 0) is 23.3 Å². The summed E-state index contributed by atoms with van der Waals surface area (Å²) < 4.78 is 0. The molecule has 2 heteroatoms. The normalized spacial score (nSPS) is 12.3. The number of hydrogen-bond donors (Lipinski definition) is 2. The maximum Gasteiger partial charge on any atom is 0.115 e. The molecule has 2 rings (SSSR count). The molecule has 0 saturated heterocycles. The molecular weight excluding hydrogens is 200 g/mol. The van der Waals surface area contributed by atoms with Crippen molar-refractivity contribution >= 4 is 0 Å². The van der Waals surface area contributed by atoms with Crippen molar-refractivity contribution in [2.45, 2.75) is 12.5 Å². The van der Waals surface area contributed by atoms with Crippen LogP contribution in [-0.2, 0) is 6.42 Å². The molecule has 2 nitrogen and oxygen atoms in total. The highest BCUT2D eigenvalue weighted by molar-refractivity contribution is 5.28. The lowest BCUT2D eigenvalue weighted by Crippen LogP contribution is -2.01. The van der Waals surface area contributed by atoms with E-state index in [9.17, 15) is 5.11 Å². The van der Waals surface area contributed by atoms with E-state index in [1.54, 1.807) is 24.3 Å². The third-order valence-corrected chi connectivity index (χ3v) is 2.55. The summed E-state index contributed by atoms with van der Waals surface area (Å²) in [5, 5.41) is 19.1. The van der Waals surface area contributed by atoms with E-state index in [1.807, 2.05) is 30.3 Å². The lowest BCUT2D eigenvalue weighted by atomic mass is 10.0. The van der Waals surface area contributed by atoms with Crippen molar-refractivity contribution in [1.82, 2.24) is 0 Å². The third kappa shape index (κ3) is 2.61. The Hall–Kier alpha value is -1.80. The van der Waals surface area contributed by atoms with Crippen molar-refractivity contribution in [2.24, 2.45) is 0 Å². The highest BCUT2D eigenvalue weighted by Crippen LogP contribution is 2.20. The minimum atomic E-state index is -0.525. The summed E-state index contributed by atoms with van der Waals surface area (Å²) in [5.74, 6) is 0.218. The fraction of sp³-hybridized carbons (Fsp3) is 0.143. The van der Waals surface area contributed by atoms with E-state index in [2.05, 4.69) is 0 Å². The molecule has 0 aliphatic rings. The van der Waals surface area contributed by atoms with Crippen LogP contribution in [0.15, 0.2) is 54.6 Å². The van der Waals surface area contributed by atoms with Gasteiger partial charge < -0.3 is 10.2 Å². The number of hydrogen-bond acceptors (Lipinski definition) is 2. The van der Waals surface area contributed by atoms with Crippen LogP contribution in [0.25, 0.3) is 0 Å². The van der Waals surface area contributed by atoms with Gasteiger partial charge >= 0.3 is 0 Å². The zero-order valence-corrected chi connectivity index (χ0v) is 8.88. The number of phenolic OH excluding ortho intramolecular Hbond substituents is 1. The highest BCUT2D eigenvalue weighted by Gasteiger charge is 2.07. The number of phenols is 1. The molecule has 2 aromatic carbocycles. The molecule has 0 saturated carbocycles. The Morgan fingerprint density at radius 3 is 2.12 bits per heavy atom. The minimum Gasteiger partial charge on any atom is -0.508 e. The Morgan fingerprint density at radius 1 is 0.875 bits per heavy atom. The first-order valence-corrected chi connectivity index (χ1v) is 5.26. The molecule has 1 atom stereocenters. The number of aliphatic hydroxyl groups is 1. The quantitative estimate of drug-likeness (QED) is 0.824. The summed E-state index contributed by atoms with van der Waals surface area (Å²) in [4.78, 5) is 0. The van der Waals surface area contributed by atoms with E-state index in [0.717, 1.165) is 11.1 Å². The van der Waals surface area contributed by atoms with Crippen molar-refractivity contribution < 1.29 is 10.2 Å². The Bertz CT molecular complexity index is 434. The van der Waals surface area contributed by atoms with E-state index in [1.165, 1.54) is 0 Å². The monoisotopic (exact) mass is 214 g/mol. The summed E-state index contributed by atoms with van der Waals surface area (Å²) in [6, 6.07) is 16.5. The summed E-state index contributed by atoms with van der Waals surface area (Å²) in [7, 11) is 0. The highest BCUT2D eigenvalue weighted by atomic mass is 16.3. The van der Waals surface area contributed by atoms with Gasteiger partial charge in [-0.1, -0.05) is 42.5 Å². The van der Waals surface area contributed by atoms with Gasteiger partial charge in [-0.3, -0.25) is 0 Å². The predicted octanol–water partition coefficient (Wildman–Crippen LogP) is 2.67. The van der Waals surface area contributed by atoms with Gasteiger partial charge in [0.05, 0.1) is 6.10 Å². The molecule has 2 N–H and O–H groups in total. The Balaban J connectivity index is 2.09. The van der Waals surface area contributed by atoms with Crippen molar-refractivity contribution in [2.75, 3.05) is 0 Å². The number of rotatable bonds is 3. The third-order valence-electron chi connectivity index (χ3n) is 2.55. The van der Waals surface area contributed by atoms with Gasteiger partial charge in [-0.15, -0.1) is 0 Å². The minimum absolute atomic E-state index is 0.218. The first-order valence-electron chi connectivity index (χ1n) is 5.26. The van der Waals surface area contributed by atoms with Gasteiger partial charge in [0.15, 0.2) is 0 Å². The second-order valence-electron chi connectivity index (χ2n) is 3.80. The number of aromatic hydroxyl groups is 1. The summed E-state index contributed by atoms with van der Waals surface area (Å²) in [6.07, 6.45) is 0.0639. The molecule has 0 bridgehead atoms. The van der Waals surface area contributed by atoms with Crippen LogP contribution in [0.3, 0.4) is 0 Å². The van der Waals surface area contributed by atoms with Crippen LogP contribution in [0, 0.1) is 0 Å². The number of aliphatic hydroxyl groups excluding tert-OH is 1. The fourth-order valence-corrected chi connectivity index (χ4v) is 1.65. The topological polar surface area (TPSA) is 40.5 Å². The molecule has 2 aromatic rings. The SMILES string of the molecule is Oc1ccc(C(O)Cc2ccccc2)cc1. The fourth-order valence-electron chi connectivity index (χ4n) is 1.65. The number of benzene rings is 2. The average molecular weight is 214 g/mol. The first-order chi connectivity index (χ1) is 7.75. The summed E-state index contributed by atoms with van der Waals surface area (Å²) in [5.41, 5.74) is 1.92. The van der Waals surface area contributed by atoms with E-state index in [-0.39, 0.29) is 5.75 Å². The Labute approximate surface area is 94.8 Å². The maximum atomic E-state index is 9.98. The van der Waals surface area contributed by atoms with Crippen LogP contribution in [-0.4, -0.2) is 10.2 Å². The van der Waals surface area contributed by atoms with Crippen molar-refractivity contribution in [1.29, 1.82) is 0 Å². The van der Waals surface area contributed by atoms with Gasteiger partial charge in [-0.2, -0.15) is 0 Å². The second kappa shape index (κ2) is 4.81. The summed E-state index contributed by atoms with van der Waals surface area (Å²) in [6.45, 7) is 0. The molecular formula is C14H14O2. The van der Waals surface area contributed by atoms with Crippen LogP contribution in [0.2, 0.25) is 0 Å². The first kappa shape index (κ1) is 10.7. The molecule has 0 radical (unpaired) electrons. The van der Waals surface area contributed by atoms with Crippen molar-refractivity contribution in [3.63, 3.8) is 0 Å². The standard InChI is InChI=1S/C14H14O2/c15-13-8-6-12(7-9-13)14(16)10-11-4-2-1-3-5-11/h1-9,14-16H,10H2. The summed E-state index contributed by atoms with van der Waals surface area (Å²) >= 11 is 0. The Kier molecular flexibility index (Phi) is 3.22. The molecule has 0 aliphatic heterocycles. The van der Waals surface area contributed by atoms with E-state index in [4.69, 9.17) is 5.11 Å². The smallest absolute Gasteiger partial charge is 0.115 e.